The van der Waals surface area contributed by atoms with Gasteiger partial charge in [0.2, 0.25) is 0 Å². The highest BCUT2D eigenvalue weighted by Gasteiger charge is 2.07. The Morgan fingerprint density at radius 3 is 2.25 bits per heavy atom. The Labute approximate surface area is 117 Å². The summed E-state index contributed by atoms with van der Waals surface area (Å²) in [7, 11) is 0. The molecule has 0 saturated carbocycles. The number of hydrogen-bond acceptors (Lipinski definition) is 2. The first-order valence-corrected chi connectivity index (χ1v) is 6.58. The van der Waals surface area contributed by atoms with E-state index < -0.39 is 0 Å². The molecule has 0 aliphatic heterocycles. The molecule has 0 atom stereocenters. The molecule has 104 valence electrons. The number of phenols is 2. The Hall–Kier alpha value is -2.29. The molecule has 0 aliphatic rings. The van der Waals surface area contributed by atoms with Gasteiger partial charge in [-0.15, -0.1) is 0 Å². The van der Waals surface area contributed by atoms with Gasteiger partial charge in [0.1, 0.15) is 17.3 Å². The molecule has 2 aromatic rings. The lowest BCUT2D eigenvalue weighted by molar-refractivity contribution is 0.437. The third-order valence-electron chi connectivity index (χ3n) is 3.04. The quantitative estimate of drug-likeness (QED) is 0.812. The highest BCUT2D eigenvalue weighted by atomic mass is 19.1. The molecular formula is C17H17FO2. The molecule has 20 heavy (non-hydrogen) atoms. The van der Waals surface area contributed by atoms with Crippen LogP contribution >= 0.6 is 0 Å². The molecular weight excluding hydrogens is 255 g/mol. The predicted octanol–water partition coefficient (Wildman–Crippen LogP) is 4.36. The fourth-order valence-electron chi connectivity index (χ4n) is 2.07. The lowest BCUT2D eigenvalue weighted by atomic mass is 10.0. The van der Waals surface area contributed by atoms with Crippen molar-refractivity contribution in [1.29, 1.82) is 0 Å². The Morgan fingerprint density at radius 2 is 1.65 bits per heavy atom. The molecule has 0 aromatic heterocycles. The summed E-state index contributed by atoms with van der Waals surface area (Å²) in [5, 5.41) is 19.8. The molecule has 0 spiro atoms. The normalized spacial score (nSPS) is 11.1. The standard InChI is InChI=1S/C17H17FO2/c1-2-4-15-16(19)10-13(11-17(15)20)8-7-12-5-3-6-14(18)9-12/h3,5-11,19-20H,2,4H2,1H3/b8-7+. The van der Waals surface area contributed by atoms with Gasteiger partial charge in [-0.25, -0.2) is 4.39 Å². The van der Waals surface area contributed by atoms with Crippen LogP contribution < -0.4 is 0 Å². The third-order valence-corrected chi connectivity index (χ3v) is 3.04. The zero-order valence-corrected chi connectivity index (χ0v) is 11.3. The van der Waals surface area contributed by atoms with E-state index in [9.17, 15) is 14.6 Å². The van der Waals surface area contributed by atoms with Crippen molar-refractivity contribution in [2.75, 3.05) is 0 Å². The second-order valence-corrected chi connectivity index (χ2v) is 4.68. The van der Waals surface area contributed by atoms with Crippen molar-refractivity contribution in [3.05, 3.63) is 58.9 Å². The molecule has 2 rings (SSSR count). The summed E-state index contributed by atoms with van der Waals surface area (Å²) in [5.41, 5.74) is 1.96. The van der Waals surface area contributed by atoms with Gasteiger partial charge >= 0.3 is 0 Å². The molecule has 2 nitrogen and oxygen atoms in total. The van der Waals surface area contributed by atoms with Crippen molar-refractivity contribution in [3.63, 3.8) is 0 Å². The highest BCUT2D eigenvalue weighted by molar-refractivity contribution is 5.71. The van der Waals surface area contributed by atoms with E-state index >= 15 is 0 Å². The van der Waals surface area contributed by atoms with Gasteiger partial charge in [0.15, 0.2) is 0 Å². The van der Waals surface area contributed by atoms with E-state index in [2.05, 4.69) is 0 Å². The first kappa shape index (κ1) is 14.1. The van der Waals surface area contributed by atoms with E-state index in [1.54, 1.807) is 36.4 Å². The van der Waals surface area contributed by atoms with Crippen molar-refractivity contribution >= 4 is 12.2 Å². The van der Waals surface area contributed by atoms with Crippen LogP contribution in [0, 0.1) is 5.82 Å². The largest absolute Gasteiger partial charge is 0.508 e. The minimum Gasteiger partial charge on any atom is -0.508 e. The second kappa shape index (κ2) is 6.24. The first-order chi connectivity index (χ1) is 9.60. The first-order valence-electron chi connectivity index (χ1n) is 6.58. The lowest BCUT2D eigenvalue weighted by Crippen LogP contribution is -1.87. The van der Waals surface area contributed by atoms with E-state index in [-0.39, 0.29) is 17.3 Å². The molecule has 0 bridgehead atoms. The van der Waals surface area contributed by atoms with Crippen molar-refractivity contribution in [3.8, 4) is 11.5 Å². The van der Waals surface area contributed by atoms with Crippen molar-refractivity contribution in [1.82, 2.24) is 0 Å². The van der Waals surface area contributed by atoms with E-state index in [4.69, 9.17) is 0 Å². The minimum absolute atomic E-state index is 0.0887. The maximum Gasteiger partial charge on any atom is 0.123 e. The SMILES string of the molecule is CCCc1c(O)cc(/C=C/c2cccc(F)c2)cc1O. The van der Waals surface area contributed by atoms with Crippen LogP contribution in [0.15, 0.2) is 36.4 Å². The predicted molar refractivity (Wildman–Crippen MR) is 79.1 cm³/mol. The number of phenolic OH excluding ortho intramolecular Hbond substituents is 2. The number of halogens is 1. The minimum atomic E-state index is -0.295. The van der Waals surface area contributed by atoms with E-state index in [0.29, 0.717) is 17.5 Å². The van der Waals surface area contributed by atoms with Crippen LogP contribution in [0.25, 0.3) is 12.2 Å². The van der Waals surface area contributed by atoms with Crippen LogP contribution in [0.3, 0.4) is 0 Å². The Kier molecular flexibility index (Phi) is 4.41. The van der Waals surface area contributed by atoms with Crippen LogP contribution in [-0.2, 0) is 6.42 Å². The summed E-state index contributed by atoms with van der Waals surface area (Å²) in [5.74, 6) is -0.118. The summed E-state index contributed by atoms with van der Waals surface area (Å²) in [4.78, 5) is 0. The molecule has 0 saturated heterocycles. The van der Waals surface area contributed by atoms with Gasteiger partial charge < -0.3 is 10.2 Å². The van der Waals surface area contributed by atoms with E-state index in [1.165, 1.54) is 12.1 Å². The Balaban J connectivity index is 2.26. The number of benzene rings is 2. The molecule has 0 radical (unpaired) electrons. The summed E-state index contributed by atoms with van der Waals surface area (Å²) in [6, 6.07) is 9.41. The Bertz CT molecular complexity index is 610. The molecule has 3 heteroatoms. The highest BCUT2D eigenvalue weighted by Crippen LogP contribution is 2.30. The number of aromatic hydroxyl groups is 2. The molecule has 0 heterocycles. The van der Waals surface area contributed by atoms with Gasteiger partial charge in [-0.2, -0.15) is 0 Å². The smallest absolute Gasteiger partial charge is 0.123 e. The monoisotopic (exact) mass is 272 g/mol. The summed E-state index contributed by atoms with van der Waals surface area (Å²) in [6.07, 6.45) is 4.94. The summed E-state index contributed by atoms with van der Waals surface area (Å²) < 4.78 is 13.0. The van der Waals surface area contributed by atoms with Crippen LogP contribution in [0.5, 0.6) is 11.5 Å². The van der Waals surface area contributed by atoms with E-state index in [0.717, 1.165) is 12.0 Å². The molecule has 2 N–H and O–H groups in total. The average Bonchev–Trinajstić information content (AvgIpc) is 2.41. The fraction of sp³-hybridized carbons (Fsp3) is 0.176. The molecule has 0 fully saturated rings. The van der Waals surface area contributed by atoms with Crippen LogP contribution in [0.4, 0.5) is 4.39 Å². The van der Waals surface area contributed by atoms with Crippen molar-refractivity contribution < 1.29 is 14.6 Å². The fourth-order valence-corrected chi connectivity index (χ4v) is 2.07. The summed E-state index contributed by atoms with van der Waals surface area (Å²) in [6.45, 7) is 1.98. The number of hydrogen-bond donors (Lipinski definition) is 2. The van der Waals surface area contributed by atoms with Crippen molar-refractivity contribution in [2.45, 2.75) is 19.8 Å². The van der Waals surface area contributed by atoms with Gasteiger partial charge in [0, 0.05) is 5.56 Å². The lowest BCUT2D eigenvalue weighted by Gasteiger charge is -2.07. The van der Waals surface area contributed by atoms with Crippen LogP contribution in [0.2, 0.25) is 0 Å². The van der Waals surface area contributed by atoms with Gasteiger partial charge in [-0.05, 0) is 41.8 Å². The molecule has 0 unspecified atom stereocenters. The second-order valence-electron chi connectivity index (χ2n) is 4.68. The summed E-state index contributed by atoms with van der Waals surface area (Å²) >= 11 is 0. The number of rotatable bonds is 4. The van der Waals surface area contributed by atoms with Gasteiger partial charge in [0.25, 0.3) is 0 Å². The van der Waals surface area contributed by atoms with Gasteiger partial charge in [-0.3, -0.25) is 0 Å². The zero-order valence-electron chi connectivity index (χ0n) is 11.3. The van der Waals surface area contributed by atoms with Crippen LogP contribution in [-0.4, -0.2) is 10.2 Å². The maximum absolute atomic E-state index is 13.0. The maximum atomic E-state index is 13.0. The van der Waals surface area contributed by atoms with Gasteiger partial charge in [0.05, 0.1) is 0 Å². The molecule has 2 aromatic carbocycles. The van der Waals surface area contributed by atoms with Gasteiger partial charge in [-0.1, -0.05) is 37.6 Å². The third kappa shape index (κ3) is 3.38. The molecule has 0 aliphatic carbocycles. The van der Waals surface area contributed by atoms with E-state index in [1.807, 2.05) is 6.92 Å². The topological polar surface area (TPSA) is 40.5 Å². The molecule has 0 amide bonds. The average molecular weight is 272 g/mol. The van der Waals surface area contributed by atoms with Crippen LogP contribution in [0.1, 0.15) is 30.0 Å². The Morgan fingerprint density at radius 1 is 1.00 bits per heavy atom. The zero-order chi connectivity index (χ0) is 14.5. The van der Waals surface area contributed by atoms with Crippen molar-refractivity contribution in [2.24, 2.45) is 0 Å².